The number of carbonyl (C=O) groups is 2. The third-order valence-electron chi connectivity index (χ3n) is 5.13. The monoisotopic (exact) mass is 457 g/mol. The van der Waals surface area contributed by atoms with Gasteiger partial charge in [-0.3, -0.25) is 14.5 Å². The lowest BCUT2D eigenvalue weighted by atomic mass is 10.2. The van der Waals surface area contributed by atoms with Gasteiger partial charge in [0.1, 0.15) is 5.76 Å². The summed E-state index contributed by atoms with van der Waals surface area (Å²) in [7, 11) is 0. The molecule has 3 aromatic rings. The van der Waals surface area contributed by atoms with E-state index in [4.69, 9.17) is 27.6 Å². The van der Waals surface area contributed by atoms with Gasteiger partial charge in [-0.15, -0.1) is 0 Å². The summed E-state index contributed by atoms with van der Waals surface area (Å²) in [6, 6.07) is 17.9. The van der Waals surface area contributed by atoms with Crippen LogP contribution in [0.3, 0.4) is 0 Å². The highest BCUT2D eigenvalue weighted by Gasteiger charge is 2.25. The first-order chi connectivity index (χ1) is 15.0. The predicted molar refractivity (Wildman–Crippen MR) is 122 cm³/mol. The van der Waals surface area contributed by atoms with Crippen molar-refractivity contribution < 1.29 is 14.0 Å². The minimum atomic E-state index is -0.168. The number of anilines is 1. The number of halogens is 2. The molecule has 1 N–H and O–H groups in total. The Kier molecular flexibility index (Phi) is 6.61. The van der Waals surface area contributed by atoms with Crippen LogP contribution in [0.2, 0.25) is 10.0 Å². The third kappa shape index (κ3) is 5.10. The fourth-order valence-electron chi connectivity index (χ4n) is 3.48. The highest BCUT2D eigenvalue weighted by atomic mass is 35.5. The fraction of sp³-hybridized carbons (Fsp3) is 0.217. The van der Waals surface area contributed by atoms with E-state index in [0.717, 1.165) is 5.56 Å². The molecular weight excluding hydrogens is 437 g/mol. The topological polar surface area (TPSA) is 65.8 Å². The normalized spacial score (nSPS) is 14.5. The van der Waals surface area contributed by atoms with E-state index in [1.54, 1.807) is 35.2 Å². The van der Waals surface area contributed by atoms with Crippen LogP contribution in [0.25, 0.3) is 11.3 Å². The number of hydrogen-bond donors (Lipinski definition) is 1. The van der Waals surface area contributed by atoms with Crippen molar-refractivity contribution >= 4 is 40.7 Å². The Labute approximate surface area is 190 Å². The number of piperazine rings is 1. The quantitative estimate of drug-likeness (QED) is 0.605. The van der Waals surface area contributed by atoms with Crippen molar-refractivity contribution in [2.24, 2.45) is 0 Å². The van der Waals surface area contributed by atoms with Crippen LogP contribution in [0.1, 0.15) is 10.6 Å². The molecule has 0 spiro atoms. The van der Waals surface area contributed by atoms with Crippen LogP contribution in [-0.4, -0.2) is 54.3 Å². The van der Waals surface area contributed by atoms with Crippen LogP contribution in [0, 0.1) is 0 Å². The van der Waals surface area contributed by atoms with E-state index in [9.17, 15) is 9.59 Å². The van der Waals surface area contributed by atoms with Crippen molar-refractivity contribution in [2.75, 3.05) is 38.0 Å². The summed E-state index contributed by atoms with van der Waals surface area (Å²) in [6.07, 6.45) is 0. The minimum Gasteiger partial charge on any atom is -0.451 e. The van der Waals surface area contributed by atoms with E-state index in [2.05, 4.69) is 5.32 Å². The summed E-state index contributed by atoms with van der Waals surface area (Å²) in [6.45, 7) is 2.46. The molecule has 6 nitrogen and oxygen atoms in total. The smallest absolute Gasteiger partial charge is 0.289 e. The largest absolute Gasteiger partial charge is 0.451 e. The number of furan rings is 1. The minimum absolute atomic E-state index is 0.136. The summed E-state index contributed by atoms with van der Waals surface area (Å²) < 4.78 is 5.77. The Hall–Kier alpha value is -2.80. The predicted octanol–water partition coefficient (Wildman–Crippen LogP) is 4.65. The molecule has 4 rings (SSSR count). The molecule has 2 heterocycles. The molecule has 0 atom stereocenters. The Morgan fingerprint density at radius 2 is 1.55 bits per heavy atom. The summed E-state index contributed by atoms with van der Waals surface area (Å²) in [5, 5.41) is 3.89. The highest BCUT2D eigenvalue weighted by Crippen LogP contribution is 2.29. The molecule has 2 aromatic carbocycles. The molecule has 160 valence electrons. The van der Waals surface area contributed by atoms with Crippen LogP contribution in [-0.2, 0) is 4.79 Å². The molecule has 0 radical (unpaired) electrons. The maximum Gasteiger partial charge on any atom is 0.289 e. The lowest BCUT2D eigenvalue weighted by Gasteiger charge is -2.33. The van der Waals surface area contributed by atoms with Crippen LogP contribution in [0.4, 0.5) is 5.69 Å². The van der Waals surface area contributed by atoms with Crippen molar-refractivity contribution in [3.63, 3.8) is 0 Å². The fourth-order valence-corrected chi connectivity index (χ4v) is 3.89. The molecule has 0 aliphatic carbocycles. The van der Waals surface area contributed by atoms with Gasteiger partial charge >= 0.3 is 0 Å². The van der Waals surface area contributed by atoms with Crippen molar-refractivity contribution in [3.05, 3.63) is 76.5 Å². The highest BCUT2D eigenvalue weighted by molar-refractivity contribution is 6.33. The number of rotatable bonds is 5. The third-order valence-corrected chi connectivity index (χ3v) is 5.79. The molecule has 0 bridgehead atoms. The summed E-state index contributed by atoms with van der Waals surface area (Å²) in [4.78, 5) is 28.9. The van der Waals surface area contributed by atoms with E-state index in [-0.39, 0.29) is 24.1 Å². The summed E-state index contributed by atoms with van der Waals surface area (Å²) in [5.74, 6) is 0.533. The standard InChI is InChI=1S/C23H21Cl2N3O3/c24-17-6-2-1-5-16(17)20-9-10-21(31-20)23(30)28-13-11-27(12-14-28)15-22(29)26-19-8-4-3-7-18(19)25/h1-10H,11-15H2,(H,26,29). The van der Waals surface area contributed by atoms with Gasteiger partial charge in [0.2, 0.25) is 5.91 Å². The van der Waals surface area contributed by atoms with E-state index in [0.29, 0.717) is 47.7 Å². The number of nitrogens with one attached hydrogen (secondary N) is 1. The zero-order chi connectivity index (χ0) is 21.8. The average molecular weight is 458 g/mol. The number of hydrogen-bond acceptors (Lipinski definition) is 4. The molecule has 8 heteroatoms. The lowest BCUT2D eigenvalue weighted by molar-refractivity contribution is -0.117. The van der Waals surface area contributed by atoms with Crippen LogP contribution in [0.15, 0.2) is 65.1 Å². The van der Waals surface area contributed by atoms with Gasteiger partial charge in [0.05, 0.1) is 22.3 Å². The molecule has 2 amide bonds. The first-order valence-electron chi connectivity index (χ1n) is 9.92. The van der Waals surface area contributed by atoms with E-state index < -0.39 is 0 Å². The molecule has 1 saturated heterocycles. The lowest BCUT2D eigenvalue weighted by Crippen LogP contribution is -2.50. The maximum atomic E-state index is 12.8. The zero-order valence-electron chi connectivity index (χ0n) is 16.7. The van der Waals surface area contributed by atoms with Crippen molar-refractivity contribution in [3.8, 4) is 11.3 Å². The Bertz CT molecular complexity index is 1090. The van der Waals surface area contributed by atoms with Gasteiger partial charge in [0, 0.05) is 31.7 Å². The molecule has 0 saturated carbocycles. The van der Waals surface area contributed by atoms with Crippen molar-refractivity contribution in [1.82, 2.24) is 9.80 Å². The van der Waals surface area contributed by atoms with Gasteiger partial charge in [-0.2, -0.15) is 0 Å². The van der Waals surface area contributed by atoms with E-state index >= 15 is 0 Å². The molecule has 31 heavy (non-hydrogen) atoms. The van der Waals surface area contributed by atoms with Gasteiger partial charge in [-0.1, -0.05) is 47.5 Å². The Morgan fingerprint density at radius 1 is 0.871 bits per heavy atom. The SMILES string of the molecule is O=C(CN1CCN(C(=O)c2ccc(-c3ccccc3Cl)o2)CC1)Nc1ccccc1Cl. The van der Waals surface area contributed by atoms with Gasteiger partial charge in [0.25, 0.3) is 5.91 Å². The second-order valence-corrected chi connectivity index (χ2v) is 8.05. The first-order valence-corrected chi connectivity index (χ1v) is 10.7. The number of para-hydroxylation sites is 1. The average Bonchev–Trinajstić information content (AvgIpc) is 3.26. The number of benzene rings is 2. The van der Waals surface area contributed by atoms with Crippen LogP contribution in [0.5, 0.6) is 0 Å². The summed E-state index contributed by atoms with van der Waals surface area (Å²) >= 11 is 12.3. The van der Waals surface area contributed by atoms with Crippen LogP contribution < -0.4 is 5.32 Å². The van der Waals surface area contributed by atoms with Gasteiger partial charge in [0.15, 0.2) is 5.76 Å². The summed E-state index contributed by atoms with van der Waals surface area (Å²) in [5.41, 5.74) is 1.34. The van der Waals surface area contributed by atoms with E-state index in [1.807, 2.05) is 35.2 Å². The second kappa shape index (κ2) is 9.56. The van der Waals surface area contributed by atoms with Gasteiger partial charge < -0.3 is 14.6 Å². The molecule has 1 aromatic heterocycles. The Balaban J connectivity index is 1.31. The van der Waals surface area contributed by atoms with Crippen LogP contribution >= 0.6 is 23.2 Å². The molecular formula is C23H21Cl2N3O3. The first kappa shape index (κ1) is 21.4. The number of carbonyl (C=O) groups excluding carboxylic acids is 2. The van der Waals surface area contributed by atoms with Gasteiger partial charge in [-0.25, -0.2) is 0 Å². The Morgan fingerprint density at radius 3 is 2.26 bits per heavy atom. The zero-order valence-corrected chi connectivity index (χ0v) is 18.2. The molecule has 1 fully saturated rings. The second-order valence-electron chi connectivity index (χ2n) is 7.24. The maximum absolute atomic E-state index is 12.8. The number of amides is 2. The van der Waals surface area contributed by atoms with Crippen molar-refractivity contribution in [1.29, 1.82) is 0 Å². The number of nitrogens with zero attached hydrogens (tertiary/aromatic N) is 2. The van der Waals surface area contributed by atoms with Gasteiger partial charge in [-0.05, 0) is 36.4 Å². The molecule has 1 aliphatic rings. The van der Waals surface area contributed by atoms with E-state index in [1.165, 1.54) is 0 Å². The van der Waals surface area contributed by atoms with Crippen molar-refractivity contribution in [2.45, 2.75) is 0 Å². The molecule has 1 aliphatic heterocycles. The molecule has 0 unspecified atom stereocenters.